The summed E-state index contributed by atoms with van der Waals surface area (Å²) in [6, 6.07) is 11.4. The third-order valence-electron chi connectivity index (χ3n) is 8.55. The summed E-state index contributed by atoms with van der Waals surface area (Å²) in [5.41, 5.74) is 4.17. The van der Waals surface area contributed by atoms with E-state index in [2.05, 4.69) is 20.0 Å². The summed E-state index contributed by atoms with van der Waals surface area (Å²) in [6.07, 6.45) is 0.826. The number of aromatic nitrogens is 4. The number of rotatable bonds is 12. The number of nitrogens with zero attached hydrogens (tertiary/aromatic N) is 4. The zero-order valence-corrected chi connectivity index (χ0v) is 27.8. The molecule has 3 heterocycles. The molecule has 4 aromatic rings. The fourth-order valence-corrected chi connectivity index (χ4v) is 7.60. The van der Waals surface area contributed by atoms with E-state index in [9.17, 15) is 14.5 Å². The first-order valence-electron chi connectivity index (χ1n) is 16.0. The van der Waals surface area contributed by atoms with E-state index in [0.29, 0.717) is 5.39 Å². The Morgan fingerprint density at radius 2 is 1.96 bits per heavy atom. The highest BCUT2D eigenvalue weighted by atomic mass is 31.2. The van der Waals surface area contributed by atoms with E-state index in [4.69, 9.17) is 29.0 Å². The van der Waals surface area contributed by atoms with Crippen molar-refractivity contribution in [2.24, 2.45) is 0 Å². The number of aliphatic hydroxyl groups is 1. The van der Waals surface area contributed by atoms with Crippen LogP contribution in [0, 0.1) is 0 Å². The van der Waals surface area contributed by atoms with E-state index in [1.807, 2.05) is 18.2 Å². The molecule has 1 saturated heterocycles. The van der Waals surface area contributed by atoms with Crippen molar-refractivity contribution in [2.75, 3.05) is 18.9 Å². The standard InChI is InChI=1S/C32H40FN6O8P/c1-4-43-28-25-27(36-31(34)37-28)39(18-35-25)30-32(3,41)26(33)24(46-30)17-44-48(42,38-19(2)29(40)45-21-13-6-5-7-14-21)47-23-16-10-12-20-11-8-9-15-22(20)23/h8-12,15-16,18-19,21,24,26,30,41H,4-7,13-14,17H2,1-3H3,(H,38,42)(H2,34,36,37)/t19?,24-,26-,30-,32-,48?/m1/s1. The van der Waals surface area contributed by atoms with Crippen molar-refractivity contribution in [1.82, 2.24) is 24.6 Å². The zero-order chi connectivity index (χ0) is 34.1. The topological polar surface area (TPSA) is 182 Å². The molecule has 2 aromatic heterocycles. The second-order valence-electron chi connectivity index (χ2n) is 12.2. The van der Waals surface area contributed by atoms with Gasteiger partial charge >= 0.3 is 13.7 Å². The Morgan fingerprint density at radius 1 is 1.21 bits per heavy atom. The maximum atomic E-state index is 16.0. The monoisotopic (exact) mass is 686 g/mol. The molecule has 1 aliphatic carbocycles. The molecule has 6 rings (SSSR count). The van der Waals surface area contributed by atoms with E-state index in [-0.39, 0.29) is 41.5 Å². The molecular formula is C32H40FN6O8P. The van der Waals surface area contributed by atoms with Crippen molar-refractivity contribution in [1.29, 1.82) is 0 Å². The molecule has 1 saturated carbocycles. The average molecular weight is 687 g/mol. The van der Waals surface area contributed by atoms with Gasteiger partial charge in [-0.15, -0.1) is 0 Å². The first-order valence-corrected chi connectivity index (χ1v) is 17.6. The second-order valence-corrected chi connectivity index (χ2v) is 13.9. The highest BCUT2D eigenvalue weighted by Crippen LogP contribution is 2.49. The van der Waals surface area contributed by atoms with Crippen molar-refractivity contribution < 1.29 is 42.1 Å². The molecule has 0 amide bonds. The fourth-order valence-electron chi connectivity index (χ4n) is 6.08. The third kappa shape index (κ3) is 6.96. The number of benzene rings is 2. The molecule has 2 fully saturated rings. The molecule has 4 N–H and O–H groups in total. The second kappa shape index (κ2) is 13.9. The van der Waals surface area contributed by atoms with Crippen molar-refractivity contribution in [3.63, 3.8) is 0 Å². The minimum atomic E-state index is -4.42. The van der Waals surface area contributed by atoms with Crippen LogP contribution in [-0.4, -0.2) is 73.8 Å². The fraction of sp³-hybridized carbons (Fsp3) is 0.500. The Labute approximate surface area is 276 Å². The van der Waals surface area contributed by atoms with Crippen LogP contribution in [-0.2, 0) is 23.4 Å². The molecule has 14 nitrogen and oxygen atoms in total. The number of imidazole rings is 1. The molecule has 258 valence electrons. The number of alkyl halides is 1. The molecule has 16 heteroatoms. The number of hydrogen-bond donors (Lipinski definition) is 3. The number of ether oxygens (including phenoxy) is 3. The number of carbonyl (C=O) groups is 1. The Kier molecular flexibility index (Phi) is 9.86. The lowest BCUT2D eigenvalue weighted by Crippen LogP contribution is -2.42. The predicted molar refractivity (Wildman–Crippen MR) is 174 cm³/mol. The van der Waals surface area contributed by atoms with Gasteiger partial charge in [0.15, 0.2) is 23.6 Å². The van der Waals surface area contributed by atoms with E-state index in [1.165, 1.54) is 24.7 Å². The normalized spacial score (nSPS) is 25.1. The van der Waals surface area contributed by atoms with Gasteiger partial charge in [-0.3, -0.25) is 13.9 Å². The molecule has 0 bridgehead atoms. The maximum absolute atomic E-state index is 16.0. The third-order valence-corrected chi connectivity index (χ3v) is 10.2. The van der Waals surface area contributed by atoms with Gasteiger partial charge in [-0.1, -0.05) is 42.8 Å². The smallest absolute Gasteiger partial charge is 0.459 e. The molecule has 0 spiro atoms. The Morgan fingerprint density at radius 3 is 2.73 bits per heavy atom. The summed E-state index contributed by atoms with van der Waals surface area (Å²) in [5.74, 6) is -0.383. The van der Waals surface area contributed by atoms with E-state index in [0.717, 1.165) is 37.5 Å². The van der Waals surface area contributed by atoms with Gasteiger partial charge in [0, 0.05) is 5.39 Å². The van der Waals surface area contributed by atoms with Crippen LogP contribution in [0.4, 0.5) is 10.3 Å². The van der Waals surface area contributed by atoms with Gasteiger partial charge in [0.25, 0.3) is 0 Å². The van der Waals surface area contributed by atoms with E-state index in [1.54, 1.807) is 31.2 Å². The molecule has 2 aliphatic rings. The summed E-state index contributed by atoms with van der Waals surface area (Å²) in [5, 5.41) is 15.5. The largest absolute Gasteiger partial charge is 0.476 e. The summed E-state index contributed by atoms with van der Waals surface area (Å²) in [6.45, 7) is 4.18. The molecule has 1 aliphatic heterocycles. The predicted octanol–water partition coefficient (Wildman–Crippen LogP) is 5.00. The molecule has 6 atom stereocenters. The summed E-state index contributed by atoms with van der Waals surface area (Å²) >= 11 is 0. The van der Waals surface area contributed by atoms with Gasteiger partial charge in [0.05, 0.1) is 19.5 Å². The van der Waals surface area contributed by atoms with Crippen molar-refractivity contribution in [3.05, 3.63) is 48.8 Å². The van der Waals surface area contributed by atoms with Crippen LogP contribution < -0.4 is 20.1 Å². The van der Waals surface area contributed by atoms with E-state index >= 15 is 4.39 Å². The number of carbonyl (C=O) groups excluding carboxylic acids is 1. The highest BCUT2D eigenvalue weighted by molar-refractivity contribution is 7.52. The lowest BCUT2D eigenvalue weighted by molar-refractivity contribution is -0.152. The summed E-state index contributed by atoms with van der Waals surface area (Å²) < 4.78 is 60.7. The van der Waals surface area contributed by atoms with Gasteiger partial charge in [-0.25, -0.2) is 13.9 Å². The number of hydrogen-bond acceptors (Lipinski definition) is 12. The minimum Gasteiger partial charge on any atom is -0.476 e. The Bertz CT molecular complexity index is 1810. The average Bonchev–Trinajstić information content (AvgIpc) is 3.57. The van der Waals surface area contributed by atoms with Crippen molar-refractivity contribution >= 4 is 41.6 Å². The number of nitrogens with one attached hydrogen (secondary N) is 1. The van der Waals surface area contributed by atoms with Crippen LogP contribution in [0.1, 0.15) is 59.1 Å². The van der Waals surface area contributed by atoms with Crippen molar-refractivity contribution in [3.8, 4) is 11.6 Å². The van der Waals surface area contributed by atoms with Crippen molar-refractivity contribution in [2.45, 2.75) is 89.1 Å². The van der Waals surface area contributed by atoms with Crippen LogP contribution in [0.25, 0.3) is 21.9 Å². The van der Waals surface area contributed by atoms with Crippen LogP contribution in [0.2, 0.25) is 0 Å². The van der Waals surface area contributed by atoms with Gasteiger partial charge in [0.1, 0.15) is 29.6 Å². The first-order chi connectivity index (χ1) is 23.0. The number of halogens is 1. The molecular weight excluding hydrogens is 646 g/mol. The van der Waals surface area contributed by atoms with Crippen LogP contribution in [0.3, 0.4) is 0 Å². The highest BCUT2D eigenvalue weighted by Gasteiger charge is 2.55. The number of anilines is 1. The molecule has 2 unspecified atom stereocenters. The van der Waals surface area contributed by atoms with Crippen LogP contribution in [0.15, 0.2) is 48.8 Å². The van der Waals surface area contributed by atoms with Gasteiger partial charge in [-0.2, -0.15) is 15.1 Å². The number of nitrogen functional groups attached to an aromatic ring is 1. The number of fused-ring (bicyclic) bond motifs is 2. The quantitative estimate of drug-likeness (QED) is 0.134. The summed E-state index contributed by atoms with van der Waals surface area (Å²) in [4.78, 5) is 25.6. The minimum absolute atomic E-state index is 0.115. The molecule has 48 heavy (non-hydrogen) atoms. The van der Waals surface area contributed by atoms with E-state index < -0.39 is 50.5 Å². The molecule has 2 aromatic carbocycles. The zero-order valence-electron chi connectivity index (χ0n) is 27.0. The maximum Gasteiger partial charge on any atom is 0.459 e. The first kappa shape index (κ1) is 34.0. The number of nitrogens with two attached hydrogens (primary N) is 1. The number of esters is 1. The summed E-state index contributed by atoms with van der Waals surface area (Å²) in [7, 11) is -4.42. The SMILES string of the molecule is CCOc1nc(N)nc2c1ncn2[C@@H]1O[C@H](COP(=O)(NC(C)C(=O)OC2CCCCC2)Oc2cccc3ccccc23)[C@@H](F)[C@@]1(C)O. The van der Waals surface area contributed by atoms with Gasteiger partial charge in [0.2, 0.25) is 11.8 Å². The lowest BCUT2D eigenvalue weighted by Gasteiger charge is -2.27. The van der Waals surface area contributed by atoms with Gasteiger partial charge < -0.3 is 29.6 Å². The Hall–Kier alpha value is -3.88. The van der Waals surface area contributed by atoms with Crippen LogP contribution >= 0.6 is 7.75 Å². The lowest BCUT2D eigenvalue weighted by atomic mass is 9.98. The van der Waals surface area contributed by atoms with Crippen LogP contribution in [0.5, 0.6) is 11.6 Å². The Balaban J connectivity index is 1.24. The van der Waals surface area contributed by atoms with Gasteiger partial charge in [-0.05, 0) is 57.9 Å². The molecule has 0 radical (unpaired) electrons.